The van der Waals surface area contributed by atoms with Crippen molar-refractivity contribution in [1.29, 1.82) is 0 Å². The van der Waals surface area contributed by atoms with Crippen LogP contribution in [0.25, 0.3) is 0 Å². The van der Waals surface area contributed by atoms with E-state index in [2.05, 4.69) is 15.3 Å². The minimum absolute atomic E-state index is 0.0663. The molecule has 21 heavy (non-hydrogen) atoms. The van der Waals surface area contributed by atoms with Gasteiger partial charge in [0.15, 0.2) is 5.16 Å². The molecule has 0 radical (unpaired) electrons. The molecule has 2 rings (SSSR count). The topological polar surface area (TPSA) is 68.0 Å². The molecule has 2 aromatic rings. The molecule has 1 N–H and O–H groups in total. The Morgan fingerprint density at radius 2 is 2.00 bits per heavy atom. The Labute approximate surface area is 128 Å². The molecule has 0 spiro atoms. The van der Waals surface area contributed by atoms with Crippen LogP contribution in [0, 0.1) is 20.8 Å². The summed E-state index contributed by atoms with van der Waals surface area (Å²) in [6, 6.07) is 3.50. The number of carbonyl (C=O) groups excluding carboxylic acids is 1. The standard InChI is InChI=1S/C15H19N3O2S/c1-9-10(2)17-15(18-11(9)3)21-8-14(19)16-12(4)13-6-5-7-20-13/h5-7,12H,8H2,1-4H3,(H,16,19)/t12-/m0/s1. The fraction of sp³-hybridized carbons (Fsp3) is 0.400. The number of carbonyl (C=O) groups is 1. The second kappa shape index (κ2) is 6.76. The van der Waals surface area contributed by atoms with E-state index < -0.39 is 0 Å². The van der Waals surface area contributed by atoms with E-state index in [-0.39, 0.29) is 17.7 Å². The number of aromatic nitrogens is 2. The number of rotatable bonds is 5. The summed E-state index contributed by atoms with van der Waals surface area (Å²) in [4.78, 5) is 20.7. The Kier molecular flexibility index (Phi) is 5.01. The highest BCUT2D eigenvalue weighted by molar-refractivity contribution is 7.99. The molecule has 0 saturated carbocycles. The molecule has 1 atom stereocenters. The summed E-state index contributed by atoms with van der Waals surface area (Å²) in [5.41, 5.74) is 3.00. The third kappa shape index (κ3) is 4.07. The minimum atomic E-state index is -0.143. The molecular formula is C15H19N3O2S. The smallest absolute Gasteiger partial charge is 0.231 e. The SMILES string of the molecule is Cc1nc(SCC(=O)N[C@@H](C)c2ccco2)nc(C)c1C. The molecule has 6 heteroatoms. The van der Waals surface area contributed by atoms with Crippen molar-refractivity contribution in [2.24, 2.45) is 0 Å². The highest BCUT2D eigenvalue weighted by Gasteiger charge is 2.13. The number of nitrogens with zero attached hydrogens (tertiary/aromatic N) is 2. The van der Waals surface area contributed by atoms with Crippen LogP contribution in [0.4, 0.5) is 0 Å². The van der Waals surface area contributed by atoms with E-state index in [1.807, 2.05) is 33.8 Å². The second-order valence-corrected chi connectivity index (χ2v) is 5.84. The molecule has 112 valence electrons. The Hall–Kier alpha value is -1.82. The molecule has 0 aromatic carbocycles. The van der Waals surface area contributed by atoms with Crippen LogP contribution in [-0.2, 0) is 4.79 Å². The largest absolute Gasteiger partial charge is 0.467 e. The van der Waals surface area contributed by atoms with Crippen molar-refractivity contribution >= 4 is 17.7 Å². The van der Waals surface area contributed by atoms with Gasteiger partial charge in [-0.15, -0.1) is 0 Å². The van der Waals surface area contributed by atoms with Gasteiger partial charge < -0.3 is 9.73 Å². The van der Waals surface area contributed by atoms with Crippen LogP contribution in [0.1, 0.15) is 35.7 Å². The first-order valence-corrected chi connectivity index (χ1v) is 7.73. The maximum Gasteiger partial charge on any atom is 0.231 e. The predicted octanol–water partition coefficient (Wildman–Crippen LogP) is 2.96. The van der Waals surface area contributed by atoms with E-state index in [1.54, 1.807) is 12.3 Å². The van der Waals surface area contributed by atoms with Gasteiger partial charge in [-0.2, -0.15) is 0 Å². The van der Waals surface area contributed by atoms with Gasteiger partial charge >= 0.3 is 0 Å². The fourth-order valence-corrected chi connectivity index (χ4v) is 2.57. The summed E-state index contributed by atoms with van der Waals surface area (Å²) in [6.07, 6.45) is 1.60. The summed E-state index contributed by atoms with van der Waals surface area (Å²) in [7, 11) is 0. The summed E-state index contributed by atoms with van der Waals surface area (Å²) in [5.74, 6) is 0.961. The highest BCUT2D eigenvalue weighted by atomic mass is 32.2. The van der Waals surface area contributed by atoms with E-state index in [1.165, 1.54) is 11.8 Å². The van der Waals surface area contributed by atoms with E-state index in [4.69, 9.17) is 4.42 Å². The Balaban J connectivity index is 1.89. The van der Waals surface area contributed by atoms with Crippen molar-refractivity contribution in [2.45, 2.75) is 38.9 Å². The summed E-state index contributed by atoms with van der Waals surface area (Å²) in [5, 5.41) is 3.52. The lowest BCUT2D eigenvalue weighted by molar-refractivity contribution is -0.119. The zero-order valence-electron chi connectivity index (χ0n) is 12.6. The number of thioether (sulfide) groups is 1. The lowest BCUT2D eigenvalue weighted by Gasteiger charge is -2.11. The van der Waals surface area contributed by atoms with Gasteiger partial charge in [0, 0.05) is 11.4 Å². The van der Waals surface area contributed by atoms with Gasteiger partial charge in [0.25, 0.3) is 0 Å². The van der Waals surface area contributed by atoms with Crippen LogP contribution in [-0.4, -0.2) is 21.6 Å². The quantitative estimate of drug-likeness (QED) is 0.679. The second-order valence-electron chi connectivity index (χ2n) is 4.90. The lowest BCUT2D eigenvalue weighted by Crippen LogP contribution is -2.28. The maximum atomic E-state index is 11.9. The third-order valence-corrected chi connectivity index (χ3v) is 4.14. The Morgan fingerprint density at radius 1 is 1.33 bits per heavy atom. The first kappa shape index (κ1) is 15.6. The molecule has 0 aliphatic rings. The first-order valence-electron chi connectivity index (χ1n) is 6.74. The molecule has 2 aromatic heterocycles. The average molecular weight is 305 g/mol. The Bertz CT molecular complexity index is 603. The van der Waals surface area contributed by atoms with Crippen molar-refractivity contribution in [1.82, 2.24) is 15.3 Å². The number of aryl methyl sites for hydroxylation is 2. The molecule has 1 amide bonds. The highest BCUT2D eigenvalue weighted by Crippen LogP contribution is 2.18. The van der Waals surface area contributed by atoms with Crippen molar-refractivity contribution in [3.63, 3.8) is 0 Å². The number of hydrogen-bond donors (Lipinski definition) is 1. The molecule has 0 saturated heterocycles. The third-order valence-electron chi connectivity index (χ3n) is 3.29. The van der Waals surface area contributed by atoms with Crippen LogP contribution >= 0.6 is 11.8 Å². The van der Waals surface area contributed by atoms with Crippen molar-refractivity contribution in [2.75, 3.05) is 5.75 Å². The molecule has 5 nitrogen and oxygen atoms in total. The van der Waals surface area contributed by atoms with Gasteiger partial charge in [0.1, 0.15) is 5.76 Å². The van der Waals surface area contributed by atoms with Crippen LogP contribution in [0.2, 0.25) is 0 Å². The monoisotopic (exact) mass is 305 g/mol. The van der Waals surface area contributed by atoms with E-state index in [0.29, 0.717) is 5.16 Å². The molecule has 0 bridgehead atoms. The Morgan fingerprint density at radius 3 is 2.57 bits per heavy atom. The van der Waals surface area contributed by atoms with Crippen molar-refractivity contribution in [3.8, 4) is 0 Å². The molecular weight excluding hydrogens is 286 g/mol. The van der Waals surface area contributed by atoms with Crippen molar-refractivity contribution in [3.05, 3.63) is 41.1 Å². The normalized spacial score (nSPS) is 12.2. The number of nitrogens with one attached hydrogen (secondary N) is 1. The molecule has 0 aliphatic heterocycles. The van der Waals surface area contributed by atoms with Crippen LogP contribution in [0.5, 0.6) is 0 Å². The van der Waals surface area contributed by atoms with Gasteiger partial charge in [-0.05, 0) is 45.4 Å². The molecule has 0 aliphatic carbocycles. The fourth-order valence-electron chi connectivity index (χ4n) is 1.83. The predicted molar refractivity (Wildman–Crippen MR) is 82.2 cm³/mol. The first-order chi connectivity index (χ1) is 9.97. The van der Waals surface area contributed by atoms with E-state index in [9.17, 15) is 4.79 Å². The molecule has 0 fully saturated rings. The van der Waals surface area contributed by atoms with E-state index in [0.717, 1.165) is 22.7 Å². The van der Waals surface area contributed by atoms with Crippen molar-refractivity contribution < 1.29 is 9.21 Å². The maximum absolute atomic E-state index is 11.9. The van der Waals surface area contributed by atoms with Gasteiger partial charge in [0.05, 0.1) is 18.1 Å². The lowest BCUT2D eigenvalue weighted by atomic mass is 10.2. The molecule has 2 heterocycles. The van der Waals surface area contributed by atoms with Crippen LogP contribution < -0.4 is 5.32 Å². The number of amides is 1. The minimum Gasteiger partial charge on any atom is -0.467 e. The van der Waals surface area contributed by atoms with Gasteiger partial charge in [-0.25, -0.2) is 9.97 Å². The summed E-state index contributed by atoms with van der Waals surface area (Å²) < 4.78 is 5.26. The summed E-state index contributed by atoms with van der Waals surface area (Å²) >= 11 is 1.34. The number of hydrogen-bond acceptors (Lipinski definition) is 5. The number of furan rings is 1. The van der Waals surface area contributed by atoms with E-state index >= 15 is 0 Å². The average Bonchev–Trinajstić information content (AvgIpc) is 2.96. The van der Waals surface area contributed by atoms with Gasteiger partial charge in [-0.3, -0.25) is 4.79 Å². The zero-order valence-corrected chi connectivity index (χ0v) is 13.5. The van der Waals surface area contributed by atoms with Crippen LogP contribution in [0.3, 0.4) is 0 Å². The zero-order chi connectivity index (χ0) is 15.4. The van der Waals surface area contributed by atoms with Gasteiger partial charge in [0.2, 0.25) is 5.91 Å². The van der Waals surface area contributed by atoms with Crippen LogP contribution in [0.15, 0.2) is 28.0 Å². The molecule has 0 unspecified atom stereocenters. The van der Waals surface area contributed by atoms with Gasteiger partial charge in [-0.1, -0.05) is 11.8 Å². The summed E-state index contributed by atoms with van der Waals surface area (Å²) in [6.45, 7) is 7.79.